The van der Waals surface area contributed by atoms with Crippen molar-refractivity contribution in [3.63, 3.8) is 0 Å². The SMILES string of the molecule is CCNC(=NCC1CC1c1ccccc1)NC1CCCC(S(=O)CC)C1. The minimum absolute atomic E-state index is 0.347. The first-order chi connectivity index (χ1) is 12.7. The van der Waals surface area contributed by atoms with E-state index in [1.54, 1.807) is 0 Å². The maximum absolute atomic E-state index is 12.2. The molecule has 1 aromatic carbocycles. The molecule has 2 N–H and O–H groups in total. The van der Waals surface area contributed by atoms with Gasteiger partial charge in [-0.15, -0.1) is 0 Å². The number of nitrogens with one attached hydrogen (secondary N) is 2. The summed E-state index contributed by atoms with van der Waals surface area (Å²) in [7, 11) is -0.680. The number of hydrogen-bond acceptors (Lipinski definition) is 2. The van der Waals surface area contributed by atoms with Gasteiger partial charge in [0.15, 0.2) is 5.96 Å². The van der Waals surface area contributed by atoms with Crippen molar-refractivity contribution in [2.45, 2.75) is 63.2 Å². The molecular formula is C21H33N3OS. The van der Waals surface area contributed by atoms with Crippen molar-refractivity contribution in [1.29, 1.82) is 0 Å². The zero-order valence-corrected chi connectivity index (χ0v) is 16.9. The summed E-state index contributed by atoms with van der Waals surface area (Å²) >= 11 is 0. The second kappa shape index (κ2) is 9.54. The molecule has 0 saturated heterocycles. The zero-order chi connectivity index (χ0) is 18.4. The highest BCUT2D eigenvalue weighted by molar-refractivity contribution is 7.85. The molecule has 2 fully saturated rings. The molecule has 5 unspecified atom stereocenters. The molecule has 2 saturated carbocycles. The van der Waals surface area contributed by atoms with E-state index in [1.807, 2.05) is 6.92 Å². The summed E-state index contributed by atoms with van der Waals surface area (Å²) in [5, 5.41) is 7.34. The molecule has 0 amide bonds. The third kappa shape index (κ3) is 5.32. The minimum atomic E-state index is -0.680. The lowest BCUT2D eigenvalue weighted by Gasteiger charge is -2.30. The maximum Gasteiger partial charge on any atom is 0.191 e. The van der Waals surface area contributed by atoms with Crippen LogP contribution in [0.15, 0.2) is 35.3 Å². The molecule has 26 heavy (non-hydrogen) atoms. The molecule has 0 bridgehead atoms. The summed E-state index contributed by atoms with van der Waals surface area (Å²) in [6, 6.07) is 11.2. The van der Waals surface area contributed by atoms with Crippen molar-refractivity contribution in [3.05, 3.63) is 35.9 Å². The molecule has 0 aromatic heterocycles. The number of benzene rings is 1. The Hall–Kier alpha value is -1.36. The molecule has 5 atom stereocenters. The molecule has 2 aliphatic carbocycles. The van der Waals surface area contributed by atoms with Crippen LogP contribution in [-0.2, 0) is 10.8 Å². The Morgan fingerprint density at radius 1 is 1.19 bits per heavy atom. The molecule has 1 aromatic rings. The Balaban J connectivity index is 1.52. The average Bonchev–Trinajstić information content (AvgIpc) is 3.46. The van der Waals surface area contributed by atoms with Gasteiger partial charge >= 0.3 is 0 Å². The molecule has 5 heteroatoms. The predicted octanol–water partition coefficient (Wildman–Crippen LogP) is 3.43. The molecule has 0 spiro atoms. The summed E-state index contributed by atoms with van der Waals surface area (Å²) in [5.41, 5.74) is 1.45. The normalized spacial score (nSPS) is 29.8. The van der Waals surface area contributed by atoms with Gasteiger partial charge in [-0.1, -0.05) is 43.7 Å². The van der Waals surface area contributed by atoms with E-state index in [4.69, 9.17) is 4.99 Å². The van der Waals surface area contributed by atoms with Crippen LogP contribution in [0.3, 0.4) is 0 Å². The lowest BCUT2D eigenvalue weighted by molar-refractivity contribution is 0.413. The lowest BCUT2D eigenvalue weighted by Crippen LogP contribution is -2.46. The van der Waals surface area contributed by atoms with Crippen molar-refractivity contribution in [2.24, 2.45) is 10.9 Å². The van der Waals surface area contributed by atoms with E-state index in [-0.39, 0.29) is 0 Å². The summed E-state index contributed by atoms with van der Waals surface area (Å²) < 4.78 is 12.2. The average molecular weight is 376 g/mol. The minimum Gasteiger partial charge on any atom is -0.357 e. The number of rotatable bonds is 7. The quantitative estimate of drug-likeness (QED) is 0.567. The molecule has 0 heterocycles. The maximum atomic E-state index is 12.2. The summed E-state index contributed by atoms with van der Waals surface area (Å²) in [4.78, 5) is 4.85. The monoisotopic (exact) mass is 375 g/mol. The van der Waals surface area contributed by atoms with Crippen LogP contribution in [0.1, 0.15) is 57.4 Å². The van der Waals surface area contributed by atoms with Crippen LogP contribution >= 0.6 is 0 Å². The predicted molar refractivity (Wildman–Crippen MR) is 111 cm³/mol. The van der Waals surface area contributed by atoms with Crippen molar-refractivity contribution >= 4 is 16.8 Å². The summed E-state index contributed by atoms with van der Waals surface area (Å²) in [6.07, 6.45) is 5.66. The van der Waals surface area contributed by atoms with Gasteiger partial charge < -0.3 is 10.6 Å². The standard InChI is InChI=1S/C21H33N3OS/c1-3-22-21(24-18-11-8-12-19(14-18)26(25)4-2)23-15-17-13-20(17)16-9-6-5-7-10-16/h5-7,9-10,17-20H,3-4,8,11-15H2,1-2H3,(H2,22,23,24). The molecule has 3 rings (SSSR count). The number of hydrogen-bond donors (Lipinski definition) is 2. The largest absolute Gasteiger partial charge is 0.357 e. The molecule has 4 nitrogen and oxygen atoms in total. The Kier molecular flexibility index (Phi) is 7.12. The van der Waals surface area contributed by atoms with Gasteiger partial charge in [0.25, 0.3) is 0 Å². The van der Waals surface area contributed by atoms with Crippen LogP contribution in [0.4, 0.5) is 0 Å². The van der Waals surface area contributed by atoms with Gasteiger partial charge in [0.05, 0.1) is 0 Å². The van der Waals surface area contributed by atoms with Crippen molar-refractivity contribution in [2.75, 3.05) is 18.8 Å². The zero-order valence-electron chi connectivity index (χ0n) is 16.1. The number of nitrogens with zero attached hydrogens (tertiary/aromatic N) is 1. The fourth-order valence-corrected chi connectivity index (χ4v) is 5.38. The van der Waals surface area contributed by atoms with Crippen molar-refractivity contribution < 1.29 is 4.21 Å². The summed E-state index contributed by atoms with van der Waals surface area (Å²) in [5.74, 6) is 3.04. The van der Waals surface area contributed by atoms with Crippen LogP contribution < -0.4 is 10.6 Å². The molecule has 0 aliphatic heterocycles. The highest BCUT2D eigenvalue weighted by Crippen LogP contribution is 2.47. The van der Waals surface area contributed by atoms with Crippen LogP contribution in [0.25, 0.3) is 0 Å². The Morgan fingerprint density at radius 3 is 2.73 bits per heavy atom. The lowest BCUT2D eigenvalue weighted by atomic mass is 9.95. The van der Waals surface area contributed by atoms with E-state index in [0.29, 0.717) is 23.1 Å². The smallest absolute Gasteiger partial charge is 0.191 e. The van der Waals surface area contributed by atoms with Crippen molar-refractivity contribution in [3.8, 4) is 0 Å². The third-order valence-corrected chi connectivity index (χ3v) is 7.34. The molecule has 144 valence electrons. The number of guanidine groups is 1. The van der Waals surface area contributed by atoms with Gasteiger partial charge in [-0.2, -0.15) is 0 Å². The highest BCUT2D eigenvalue weighted by Gasteiger charge is 2.37. The van der Waals surface area contributed by atoms with E-state index in [9.17, 15) is 4.21 Å². The molecule has 0 radical (unpaired) electrons. The van der Waals surface area contributed by atoms with E-state index < -0.39 is 10.8 Å². The van der Waals surface area contributed by atoms with E-state index >= 15 is 0 Å². The first-order valence-electron chi connectivity index (χ1n) is 10.2. The van der Waals surface area contributed by atoms with Crippen molar-refractivity contribution in [1.82, 2.24) is 10.6 Å². The van der Waals surface area contributed by atoms with Gasteiger partial charge in [-0.25, -0.2) is 0 Å². The van der Waals surface area contributed by atoms with Gasteiger partial charge in [-0.05, 0) is 50.0 Å². The Labute approximate surface area is 160 Å². The fourth-order valence-electron chi connectivity index (χ4n) is 4.03. The first-order valence-corrected chi connectivity index (χ1v) is 11.6. The second-order valence-electron chi connectivity index (χ2n) is 7.53. The van der Waals surface area contributed by atoms with E-state index in [0.717, 1.165) is 50.5 Å². The van der Waals surface area contributed by atoms with Gasteiger partial charge in [0.2, 0.25) is 0 Å². The van der Waals surface area contributed by atoms with Crippen LogP contribution in [0.2, 0.25) is 0 Å². The summed E-state index contributed by atoms with van der Waals surface area (Å²) in [6.45, 7) is 5.88. The highest BCUT2D eigenvalue weighted by atomic mass is 32.2. The molecule has 2 aliphatic rings. The van der Waals surface area contributed by atoms with E-state index in [1.165, 1.54) is 12.0 Å². The fraction of sp³-hybridized carbons (Fsp3) is 0.667. The molecular weight excluding hydrogens is 342 g/mol. The van der Waals surface area contributed by atoms with Crippen LogP contribution in [0.5, 0.6) is 0 Å². The Bertz CT molecular complexity index is 619. The second-order valence-corrected chi connectivity index (χ2v) is 9.54. The van der Waals surface area contributed by atoms with Gasteiger partial charge in [0.1, 0.15) is 0 Å². The van der Waals surface area contributed by atoms with Gasteiger partial charge in [-0.3, -0.25) is 9.20 Å². The van der Waals surface area contributed by atoms with Crippen LogP contribution in [0, 0.1) is 5.92 Å². The first kappa shape index (κ1) is 19.4. The number of aliphatic imine (C=N–C) groups is 1. The third-order valence-electron chi connectivity index (χ3n) is 5.60. The Morgan fingerprint density at radius 2 is 2.00 bits per heavy atom. The van der Waals surface area contributed by atoms with E-state index in [2.05, 4.69) is 47.9 Å². The topological polar surface area (TPSA) is 53.5 Å². The van der Waals surface area contributed by atoms with Gasteiger partial charge in [0, 0.05) is 40.9 Å². The van der Waals surface area contributed by atoms with Crippen LogP contribution in [-0.4, -0.2) is 40.3 Å².